The Kier molecular flexibility index (Phi) is 5.00. The molecule has 0 fully saturated rings. The van der Waals surface area contributed by atoms with Gasteiger partial charge in [-0.15, -0.1) is 0 Å². The number of rotatable bonds is 6. The summed E-state index contributed by atoms with van der Waals surface area (Å²) in [4.78, 5) is 0. The highest BCUT2D eigenvalue weighted by atomic mass is 15.2. The van der Waals surface area contributed by atoms with Crippen molar-refractivity contribution in [3.05, 3.63) is 71.5 Å². The second-order valence-electron chi connectivity index (χ2n) is 7.07. The predicted molar refractivity (Wildman–Crippen MR) is 100 cm³/mol. The van der Waals surface area contributed by atoms with Crippen LogP contribution in [0.25, 0.3) is 5.52 Å². The molecule has 0 amide bonds. The molecule has 0 aliphatic rings. The van der Waals surface area contributed by atoms with Gasteiger partial charge in [-0.25, -0.2) is 4.52 Å². The first-order valence-electron chi connectivity index (χ1n) is 8.82. The standard InChI is InChI=1S/C21H27N3/c1-15(2)20(22-14-17-10-6-5-7-11-17)19-18-12-8-9-13-24(18)23-21(19)16(3)4/h5-13,15-16,20,22H,14H2,1-4H3. The zero-order chi connectivity index (χ0) is 17.1. The average molecular weight is 321 g/mol. The summed E-state index contributed by atoms with van der Waals surface area (Å²) in [6.45, 7) is 9.86. The molecule has 3 rings (SSSR count). The number of nitrogens with zero attached hydrogens (tertiary/aromatic N) is 2. The number of hydrogen-bond donors (Lipinski definition) is 1. The third kappa shape index (κ3) is 3.36. The van der Waals surface area contributed by atoms with E-state index in [-0.39, 0.29) is 6.04 Å². The Morgan fingerprint density at radius 2 is 1.67 bits per heavy atom. The van der Waals surface area contributed by atoms with E-state index < -0.39 is 0 Å². The van der Waals surface area contributed by atoms with Gasteiger partial charge >= 0.3 is 0 Å². The predicted octanol–water partition coefficient (Wildman–Crippen LogP) is 4.94. The molecule has 1 unspecified atom stereocenters. The highest BCUT2D eigenvalue weighted by Gasteiger charge is 2.25. The van der Waals surface area contributed by atoms with Gasteiger partial charge in [-0.2, -0.15) is 5.10 Å². The Hall–Kier alpha value is -2.13. The van der Waals surface area contributed by atoms with Crippen LogP contribution in [0.3, 0.4) is 0 Å². The van der Waals surface area contributed by atoms with Crippen LogP contribution in [0.4, 0.5) is 0 Å². The lowest BCUT2D eigenvalue weighted by Gasteiger charge is -2.24. The van der Waals surface area contributed by atoms with Crippen molar-refractivity contribution in [1.29, 1.82) is 0 Å². The number of pyridine rings is 1. The van der Waals surface area contributed by atoms with Gasteiger partial charge in [0, 0.05) is 24.3 Å². The topological polar surface area (TPSA) is 29.3 Å². The smallest absolute Gasteiger partial charge is 0.0712 e. The SMILES string of the molecule is CC(C)c1nn2ccccc2c1C(NCc1ccccc1)C(C)C. The van der Waals surface area contributed by atoms with Crippen molar-refractivity contribution in [2.45, 2.75) is 46.2 Å². The molecule has 0 bridgehead atoms. The minimum absolute atomic E-state index is 0.280. The van der Waals surface area contributed by atoms with Crippen LogP contribution >= 0.6 is 0 Å². The fourth-order valence-electron chi connectivity index (χ4n) is 3.28. The van der Waals surface area contributed by atoms with Crippen molar-refractivity contribution >= 4 is 5.52 Å². The molecule has 0 radical (unpaired) electrons. The van der Waals surface area contributed by atoms with E-state index in [0.29, 0.717) is 11.8 Å². The van der Waals surface area contributed by atoms with Crippen LogP contribution in [0.5, 0.6) is 0 Å². The molecule has 1 atom stereocenters. The number of fused-ring (bicyclic) bond motifs is 1. The normalized spacial score (nSPS) is 13.1. The van der Waals surface area contributed by atoms with Crippen LogP contribution in [-0.4, -0.2) is 9.61 Å². The molecule has 0 spiro atoms. The van der Waals surface area contributed by atoms with Gasteiger partial charge in [-0.1, -0.05) is 64.1 Å². The Morgan fingerprint density at radius 1 is 0.958 bits per heavy atom. The average Bonchev–Trinajstić information content (AvgIpc) is 2.96. The maximum atomic E-state index is 4.85. The quantitative estimate of drug-likeness (QED) is 0.696. The van der Waals surface area contributed by atoms with E-state index in [1.165, 1.54) is 22.3 Å². The first-order chi connectivity index (χ1) is 11.6. The lowest BCUT2D eigenvalue weighted by molar-refractivity contribution is 0.409. The van der Waals surface area contributed by atoms with Crippen LogP contribution in [0.2, 0.25) is 0 Å². The van der Waals surface area contributed by atoms with Gasteiger partial charge in [0.1, 0.15) is 0 Å². The highest BCUT2D eigenvalue weighted by Crippen LogP contribution is 2.32. The summed E-state index contributed by atoms with van der Waals surface area (Å²) in [6, 6.07) is 17.2. The van der Waals surface area contributed by atoms with Gasteiger partial charge in [0.05, 0.1) is 11.2 Å². The Labute approximate surface area is 144 Å². The second kappa shape index (κ2) is 7.18. The molecule has 1 aromatic carbocycles. The van der Waals surface area contributed by atoms with Crippen molar-refractivity contribution in [2.24, 2.45) is 5.92 Å². The van der Waals surface area contributed by atoms with E-state index in [4.69, 9.17) is 5.10 Å². The molecule has 0 aliphatic heterocycles. The van der Waals surface area contributed by atoms with Gasteiger partial charge in [0.15, 0.2) is 0 Å². The fraction of sp³-hybridized carbons (Fsp3) is 0.381. The summed E-state index contributed by atoms with van der Waals surface area (Å²) in [7, 11) is 0. The molecular formula is C21H27N3. The molecule has 0 aliphatic carbocycles. The largest absolute Gasteiger partial charge is 0.305 e. The van der Waals surface area contributed by atoms with Crippen LogP contribution in [-0.2, 0) is 6.54 Å². The maximum absolute atomic E-state index is 4.85. The maximum Gasteiger partial charge on any atom is 0.0712 e. The minimum atomic E-state index is 0.280. The zero-order valence-corrected chi connectivity index (χ0v) is 15.0. The van der Waals surface area contributed by atoms with Crippen molar-refractivity contribution in [3.8, 4) is 0 Å². The Bertz CT molecular complexity index is 787. The minimum Gasteiger partial charge on any atom is -0.305 e. The Balaban J connectivity index is 1.99. The van der Waals surface area contributed by atoms with E-state index in [1.54, 1.807) is 0 Å². The highest BCUT2D eigenvalue weighted by molar-refractivity contribution is 5.58. The van der Waals surface area contributed by atoms with E-state index in [9.17, 15) is 0 Å². The molecule has 24 heavy (non-hydrogen) atoms. The second-order valence-corrected chi connectivity index (χ2v) is 7.07. The summed E-state index contributed by atoms with van der Waals surface area (Å²) in [5, 5.41) is 8.62. The van der Waals surface area contributed by atoms with Crippen molar-refractivity contribution < 1.29 is 0 Å². The molecule has 1 N–H and O–H groups in total. The Morgan fingerprint density at radius 3 is 2.33 bits per heavy atom. The third-order valence-corrected chi connectivity index (χ3v) is 4.50. The van der Waals surface area contributed by atoms with Crippen LogP contribution in [0.15, 0.2) is 54.7 Å². The zero-order valence-electron chi connectivity index (χ0n) is 15.0. The summed E-state index contributed by atoms with van der Waals surface area (Å²) in [5.41, 5.74) is 5.06. The fourth-order valence-corrected chi connectivity index (χ4v) is 3.28. The van der Waals surface area contributed by atoms with Crippen LogP contribution in [0.1, 0.15) is 56.5 Å². The number of nitrogens with one attached hydrogen (secondary N) is 1. The molecule has 3 nitrogen and oxygen atoms in total. The molecule has 3 heteroatoms. The van der Waals surface area contributed by atoms with Gasteiger partial charge in [0.2, 0.25) is 0 Å². The monoisotopic (exact) mass is 321 g/mol. The lowest BCUT2D eigenvalue weighted by atomic mass is 9.91. The van der Waals surface area contributed by atoms with Crippen LogP contribution in [0, 0.1) is 5.92 Å². The molecule has 2 heterocycles. The summed E-state index contributed by atoms with van der Waals surface area (Å²) in [5.74, 6) is 0.888. The van der Waals surface area contributed by atoms with Crippen molar-refractivity contribution in [2.75, 3.05) is 0 Å². The van der Waals surface area contributed by atoms with E-state index in [0.717, 1.165) is 6.54 Å². The van der Waals surface area contributed by atoms with Gasteiger partial charge in [-0.05, 0) is 29.5 Å². The first kappa shape index (κ1) is 16.7. The van der Waals surface area contributed by atoms with Gasteiger partial charge in [-0.3, -0.25) is 0 Å². The van der Waals surface area contributed by atoms with E-state index >= 15 is 0 Å². The molecule has 2 aromatic heterocycles. The number of hydrogen-bond acceptors (Lipinski definition) is 2. The molecule has 0 saturated heterocycles. The number of benzene rings is 1. The molecule has 126 valence electrons. The van der Waals surface area contributed by atoms with Crippen molar-refractivity contribution in [1.82, 2.24) is 14.9 Å². The molecular weight excluding hydrogens is 294 g/mol. The van der Waals surface area contributed by atoms with Gasteiger partial charge < -0.3 is 5.32 Å². The van der Waals surface area contributed by atoms with Gasteiger partial charge in [0.25, 0.3) is 0 Å². The lowest BCUT2D eigenvalue weighted by Crippen LogP contribution is -2.26. The summed E-state index contributed by atoms with van der Waals surface area (Å²) in [6.07, 6.45) is 2.04. The van der Waals surface area contributed by atoms with E-state index in [2.05, 4.69) is 75.5 Å². The first-order valence-corrected chi connectivity index (χ1v) is 8.82. The van der Waals surface area contributed by atoms with Crippen LogP contribution < -0.4 is 5.32 Å². The van der Waals surface area contributed by atoms with Crippen molar-refractivity contribution in [3.63, 3.8) is 0 Å². The molecule has 0 saturated carbocycles. The van der Waals surface area contributed by atoms with E-state index in [1.807, 2.05) is 16.8 Å². The summed E-state index contributed by atoms with van der Waals surface area (Å²) < 4.78 is 2.02. The summed E-state index contributed by atoms with van der Waals surface area (Å²) >= 11 is 0. The molecule has 3 aromatic rings. The third-order valence-electron chi connectivity index (χ3n) is 4.50. The number of aromatic nitrogens is 2.